The second-order valence-electron chi connectivity index (χ2n) is 4.67. The van der Waals surface area contributed by atoms with Crippen molar-refractivity contribution in [2.24, 2.45) is 0 Å². The molecule has 1 aliphatic rings. The molecule has 3 rings (SSSR count). The lowest BCUT2D eigenvalue weighted by Crippen LogP contribution is -2.46. The third-order valence-electron chi connectivity index (χ3n) is 3.38. The van der Waals surface area contributed by atoms with Crippen molar-refractivity contribution in [3.63, 3.8) is 0 Å². The summed E-state index contributed by atoms with van der Waals surface area (Å²) in [4.78, 5) is 28.2. The third-order valence-corrected chi connectivity index (χ3v) is 3.38. The Hall–Kier alpha value is -2.14. The fraction of sp³-hybridized carbons (Fsp3) is 0.286. The van der Waals surface area contributed by atoms with Crippen LogP contribution >= 0.6 is 0 Å². The Kier molecular flexibility index (Phi) is 3.05. The number of hydrogen-bond donors (Lipinski definition) is 2. The molecule has 1 saturated heterocycles. The molecule has 0 bridgehead atoms. The number of hydrogen-bond acceptors (Lipinski definition) is 3. The van der Waals surface area contributed by atoms with Gasteiger partial charge in [-0.05, 0) is 23.6 Å². The van der Waals surface area contributed by atoms with E-state index in [4.69, 9.17) is 0 Å². The number of piperazine rings is 1. The fourth-order valence-corrected chi connectivity index (χ4v) is 2.33. The molecular weight excluding hydrogens is 242 g/mol. The van der Waals surface area contributed by atoms with Crippen LogP contribution in [-0.4, -0.2) is 42.0 Å². The highest BCUT2D eigenvalue weighted by Crippen LogP contribution is 2.14. The molecule has 2 heterocycles. The molecule has 1 aromatic heterocycles. The maximum atomic E-state index is 12.3. The van der Waals surface area contributed by atoms with E-state index in [1.54, 1.807) is 12.1 Å². The van der Waals surface area contributed by atoms with Crippen LogP contribution in [0.4, 0.5) is 0 Å². The molecule has 1 aliphatic heterocycles. The van der Waals surface area contributed by atoms with Crippen LogP contribution < -0.4 is 10.9 Å². The molecule has 1 aromatic carbocycles. The van der Waals surface area contributed by atoms with E-state index in [9.17, 15) is 9.59 Å². The highest BCUT2D eigenvalue weighted by Gasteiger charge is 2.17. The lowest BCUT2D eigenvalue weighted by atomic mass is 10.1. The van der Waals surface area contributed by atoms with Crippen LogP contribution in [0.3, 0.4) is 0 Å². The Morgan fingerprint density at radius 3 is 2.63 bits per heavy atom. The molecule has 1 fully saturated rings. The number of nitrogens with zero attached hydrogens (tertiary/aromatic N) is 1. The van der Waals surface area contributed by atoms with Gasteiger partial charge in [0.25, 0.3) is 5.91 Å². The van der Waals surface area contributed by atoms with Crippen molar-refractivity contribution in [1.82, 2.24) is 15.2 Å². The number of carbonyl (C=O) groups is 1. The molecule has 0 radical (unpaired) electrons. The number of fused-ring (bicyclic) bond motifs is 1. The van der Waals surface area contributed by atoms with E-state index >= 15 is 0 Å². The van der Waals surface area contributed by atoms with Crippen LogP contribution in [0.2, 0.25) is 0 Å². The van der Waals surface area contributed by atoms with Gasteiger partial charge in [-0.25, -0.2) is 0 Å². The second-order valence-corrected chi connectivity index (χ2v) is 4.67. The molecule has 0 spiro atoms. The number of benzene rings is 1. The maximum Gasteiger partial charge on any atom is 0.254 e. The smallest absolute Gasteiger partial charge is 0.254 e. The number of pyridine rings is 1. The van der Waals surface area contributed by atoms with E-state index in [1.165, 1.54) is 6.07 Å². The van der Waals surface area contributed by atoms with E-state index in [1.807, 2.05) is 17.0 Å². The summed E-state index contributed by atoms with van der Waals surface area (Å²) in [6.07, 6.45) is 0. The average molecular weight is 257 g/mol. The second kappa shape index (κ2) is 4.85. The first kappa shape index (κ1) is 11.9. The zero-order valence-corrected chi connectivity index (χ0v) is 10.5. The van der Waals surface area contributed by atoms with E-state index < -0.39 is 0 Å². The number of nitrogens with one attached hydrogen (secondary N) is 2. The van der Waals surface area contributed by atoms with Gasteiger partial charge in [-0.15, -0.1) is 0 Å². The zero-order valence-electron chi connectivity index (χ0n) is 10.5. The normalized spacial score (nSPS) is 15.7. The van der Waals surface area contributed by atoms with Gasteiger partial charge >= 0.3 is 0 Å². The Bertz CT molecular complexity index is 672. The van der Waals surface area contributed by atoms with Gasteiger partial charge in [-0.2, -0.15) is 0 Å². The van der Waals surface area contributed by atoms with Crippen molar-refractivity contribution in [2.75, 3.05) is 26.2 Å². The summed E-state index contributed by atoms with van der Waals surface area (Å²) in [6.45, 7) is 3.11. The van der Waals surface area contributed by atoms with Crippen LogP contribution in [0.15, 0.2) is 35.1 Å². The first-order valence-electron chi connectivity index (χ1n) is 6.37. The predicted molar refractivity (Wildman–Crippen MR) is 73.3 cm³/mol. The predicted octanol–water partition coefficient (Wildman–Crippen LogP) is 0.573. The molecule has 1 amide bonds. The summed E-state index contributed by atoms with van der Waals surface area (Å²) >= 11 is 0. The molecule has 19 heavy (non-hydrogen) atoms. The first-order chi connectivity index (χ1) is 9.24. The van der Waals surface area contributed by atoms with Crippen molar-refractivity contribution in [2.45, 2.75) is 0 Å². The SMILES string of the molecule is O=C(c1ccc2ccc(=O)[nH]c2c1)N1CCNCC1. The topological polar surface area (TPSA) is 65.2 Å². The molecule has 0 aliphatic carbocycles. The summed E-state index contributed by atoms with van der Waals surface area (Å²) in [7, 11) is 0. The number of rotatable bonds is 1. The molecule has 0 atom stereocenters. The zero-order chi connectivity index (χ0) is 13.2. The summed E-state index contributed by atoms with van der Waals surface area (Å²) in [5.41, 5.74) is 1.17. The maximum absolute atomic E-state index is 12.3. The summed E-state index contributed by atoms with van der Waals surface area (Å²) in [5.74, 6) is 0.0214. The Balaban J connectivity index is 1.95. The van der Waals surface area contributed by atoms with Gasteiger partial charge in [0.05, 0.1) is 0 Å². The molecule has 0 saturated carbocycles. The Morgan fingerprint density at radius 2 is 1.84 bits per heavy atom. The lowest BCUT2D eigenvalue weighted by Gasteiger charge is -2.27. The van der Waals surface area contributed by atoms with Crippen LogP contribution in [-0.2, 0) is 0 Å². The number of carbonyl (C=O) groups excluding carboxylic acids is 1. The van der Waals surface area contributed by atoms with Crippen molar-refractivity contribution in [1.29, 1.82) is 0 Å². The van der Waals surface area contributed by atoms with Gasteiger partial charge in [0.15, 0.2) is 0 Å². The number of aromatic nitrogens is 1. The molecule has 5 nitrogen and oxygen atoms in total. The number of H-pyrrole nitrogens is 1. The summed E-state index contributed by atoms with van der Waals surface area (Å²) in [6, 6.07) is 8.67. The van der Waals surface area contributed by atoms with Crippen molar-refractivity contribution >= 4 is 16.8 Å². The van der Waals surface area contributed by atoms with Crippen molar-refractivity contribution in [3.05, 3.63) is 46.2 Å². The minimum Gasteiger partial charge on any atom is -0.336 e. The third kappa shape index (κ3) is 2.37. The molecule has 2 aromatic rings. The molecule has 98 valence electrons. The standard InChI is InChI=1S/C14H15N3O2/c18-13-4-3-10-1-2-11(9-12(10)16-13)14(19)17-7-5-15-6-8-17/h1-4,9,15H,5-8H2,(H,16,18). The monoisotopic (exact) mass is 257 g/mol. The van der Waals surface area contributed by atoms with Crippen molar-refractivity contribution in [3.8, 4) is 0 Å². The number of aromatic amines is 1. The van der Waals surface area contributed by atoms with E-state index in [0.29, 0.717) is 11.1 Å². The lowest BCUT2D eigenvalue weighted by molar-refractivity contribution is 0.0736. The average Bonchev–Trinajstić information content (AvgIpc) is 2.46. The molecular formula is C14H15N3O2. The summed E-state index contributed by atoms with van der Waals surface area (Å²) < 4.78 is 0. The van der Waals surface area contributed by atoms with E-state index in [2.05, 4.69) is 10.3 Å². The molecule has 2 N–H and O–H groups in total. The van der Waals surface area contributed by atoms with Crippen LogP contribution in [0.25, 0.3) is 10.9 Å². The molecule has 5 heteroatoms. The minimum atomic E-state index is -0.153. The van der Waals surface area contributed by atoms with Gasteiger partial charge in [0.1, 0.15) is 0 Å². The summed E-state index contributed by atoms with van der Waals surface area (Å²) in [5, 5.41) is 4.14. The van der Waals surface area contributed by atoms with Crippen LogP contribution in [0, 0.1) is 0 Å². The Morgan fingerprint density at radius 1 is 1.11 bits per heavy atom. The minimum absolute atomic E-state index is 0.0214. The highest BCUT2D eigenvalue weighted by atomic mass is 16.2. The largest absolute Gasteiger partial charge is 0.336 e. The van der Waals surface area contributed by atoms with Crippen LogP contribution in [0.5, 0.6) is 0 Å². The van der Waals surface area contributed by atoms with E-state index in [0.717, 1.165) is 31.6 Å². The van der Waals surface area contributed by atoms with Gasteiger partial charge < -0.3 is 15.2 Å². The highest BCUT2D eigenvalue weighted by molar-refractivity contribution is 5.97. The fourth-order valence-electron chi connectivity index (χ4n) is 2.33. The quantitative estimate of drug-likeness (QED) is 0.785. The molecule has 0 unspecified atom stereocenters. The van der Waals surface area contributed by atoms with E-state index in [-0.39, 0.29) is 11.5 Å². The Labute approximate surface area is 110 Å². The van der Waals surface area contributed by atoms with Gasteiger partial charge in [-0.1, -0.05) is 6.07 Å². The van der Waals surface area contributed by atoms with Gasteiger partial charge in [0.2, 0.25) is 5.56 Å². The van der Waals surface area contributed by atoms with Crippen molar-refractivity contribution < 1.29 is 4.79 Å². The van der Waals surface area contributed by atoms with Crippen LogP contribution in [0.1, 0.15) is 10.4 Å². The first-order valence-corrected chi connectivity index (χ1v) is 6.37. The number of amides is 1. The van der Waals surface area contributed by atoms with Gasteiger partial charge in [0, 0.05) is 43.3 Å². The van der Waals surface area contributed by atoms with Gasteiger partial charge in [-0.3, -0.25) is 9.59 Å².